The number of anilines is 1. The minimum atomic E-state index is -0.326. The molecule has 2 heterocycles. The van der Waals surface area contributed by atoms with Crippen molar-refractivity contribution in [2.24, 2.45) is 0 Å². The molecule has 1 N–H and O–H groups in total. The van der Waals surface area contributed by atoms with Gasteiger partial charge in [-0.25, -0.2) is 9.07 Å². The van der Waals surface area contributed by atoms with Crippen molar-refractivity contribution in [1.29, 1.82) is 0 Å². The van der Waals surface area contributed by atoms with Crippen molar-refractivity contribution < 1.29 is 9.13 Å². The third-order valence-corrected chi connectivity index (χ3v) is 3.73. The molecular weight excluding hydrogens is 257 g/mol. The first-order valence-corrected chi connectivity index (χ1v) is 6.88. The van der Waals surface area contributed by atoms with Gasteiger partial charge >= 0.3 is 0 Å². The van der Waals surface area contributed by atoms with Gasteiger partial charge in [0.1, 0.15) is 5.82 Å². The molecule has 2 aromatic rings. The number of ether oxygens (including phenoxy) is 1. The van der Waals surface area contributed by atoms with Crippen LogP contribution in [0.2, 0.25) is 0 Å². The Kier molecular flexibility index (Phi) is 3.34. The van der Waals surface area contributed by atoms with E-state index in [-0.39, 0.29) is 17.6 Å². The largest absolute Gasteiger partial charge is 0.494 e. The molecule has 0 saturated carbocycles. The number of aromatic nitrogens is 2. The Bertz CT molecular complexity index is 624. The highest BCUT2D eigenvalue weighted by Gasteiger charge is 2.23. The smallest absolute Gasteiger partial charge is 0.165 e. The summed E-state index contributed by atoms with van der Waals surface area (Å²) in [6, 6.07) is 7.27. The van der Waals surface area contributed by atoms with E-state index >= 15 is 0 Å². The topological polar surface area (TPSA) is 39.1 Å². The van der Waals surface area contributed by atoms with Crippen molar-refractivity contribution in [2.75, 3.05) is 19.0 Å². The monoisotopic (exact) mass is 275 g/mol. The minimum absolute atomic E-state index is 0.0759. The third-order valence-electron chi connectivity index (χ3n) is 3.73. The molecule has 1 aliphatic rings. The first kappa shape index (κ1) is 13.0. The van der Waals surface area contributed by atoms with Gasteiger partial charge in [-0.15, -0.1) is 0 Å². The predicted octanol–water partition coefficient (Wildman–Crippen LogP) is 3.00. The van der Waals surface area contributed by atoms with Crippen LogP contribution in [0.3, 0.4) is 0 Å². The van der Waals surface area contributed by atoms with Gasteiger partial charge in [0.05, 0.1) is 18.8 Å². The van der Waals surface area contributed by atoms with Gasteiger partial charge in [0.15, 0.2) is 11.6 Å². The second-order valence-electron chi connectivity index (χ2n) is 4.94. The van der Waals surface area contributed by atoms with Crippen LogP contribution < -0.4 is 10.1 Å². The Labute approximate surface area is 117 Å². The second-order valence-corrected chi connectivity index (χ2v) is 4.94. The van der Waals surface area contributed by atoms with Crippen molar-refractivity contribution in [3.8, 4) is 5.75 Å². The van der Waals surface area contributed by atoms with E-state index in [2.05, 4.69) is 23.4 Å². The summed E-state index contributed by atoms with van der Waals surface area (Å²) in [4.78, 5) is 0. The molecular formula is C15H18FN3O. The molecule has 0 radical (unpaired) electrons. The highest BCUT2D eigenvalue weighted by atomic mass is 19.1. The van der Waals surface area contributed by atoms with Gasteiger partial charge in [0, 0.05) is 12.6 Å². The van der Waals surface area contributed by atoms with Gasteiger partial charge in [0.2, 0.25) is 0 Å². The highest BCUT2D eigenvalue weighted by molar-refractivity contribution is 5.42. The van der Waals surface area contributed by atoms with E-state index in [9.17, 15) is 4.39 Å². The van der Waals surface area contributed by atoms with E-state index in [1.807, 2.05) is 10.7 Å². The van der Waals surface area contributed by atoms with Crippen LogP contribution in [0, 0.1) is 5.82 Å². The molecule has 0 spiro atoms. The first-order chi connectivity index (χ1) is 9.72. The number of nitrogens with zero attached hydrogens (tertiary/aromatic N) is 2. The van der Waals surface area contributed by atoms with Gasteiger partial charge in [-0.3, -0.25) is 0 Å². The number of hydrogen-bond acceptors (Lipinski definition) is 3. The summed E-state index contributed by atoms with van der Waals surface area (Å²) in [7, 11) is 1.47. The number of methoxy groups -OCH3 is 1. The fraction of sp³-hybridized carbons (Fsp3) is 0.400. The number of aryl methyl sites for hydroxylation is 1. The summed E-state index contributed by atoms with van der Waals surface area (Å²) >= 11 is 0. The number of hydrogen-bond donors (Lipinski definition) is 1. The van der Waals surface area contributed by atoms with Crippen molar-refractivity contribution in [2.45, 2.75) is 25.8 Å². The van der Waals surface area contributed by atoms with Crippen LogP contribution in [0.1, 0.15) is 30.6 Å². The average molecular weight is 275 g/mol. The summed E-state index contributed by atoms with van der Waals surface area (Å²) in [6.45, 7) is 2.95. The van der Waals surface area contributed by atoms with Crippen molar-refractivity contribution in [3.05, 3.63) is 41.3 Å². The zero-order valence-corrected chi connectivity index (χ0v) is 11.7. The zero-order valence-electron chi connectivity index (χ0n) is 11.7. The molecule has 1 aromatic heterocycles. The lowest BCUT2D eigenvalue weighted by molar-refractivity contribution is 0.384. The molecule has 20 heavy (non-hydrogen) atoms. The van der Waals surface area contributed by atoms with Crippen molar-refractivity contribution in [1.82, 2.24) is 9.78 Å². The molecule has 1 aromatic carbocycles. The van der Waals surface area contributed by atoms with E-state index in [1.165, 1.54) is 7.11 Å². The fourth-order valence-corrected chi connectivity index (χ4v) is 2.64. The van der Waals surface area contributed by atoms with Crippen LogP contribution in [0.15, 0.2) is 24.3 Å². The molecule has 0 bridgehead atoms. The highest BCUT2D eigenvalue weighted by Crippen LogP contribution is 2.31. The maximum absolute atomic E-state index is 13.9. The standard InChI is InChI=1S/C15H18FN3O/c1-3-11-9-15-17-7-6-13(19(15)18-11)10-4-5-14(20-2)12(16)8-10/h4-5,8-9,13,17H,3,6-7H2,1-2H3. The molecule has 1 unspecified atom stereocenters. The van der Waals surface area contributed by atoms with Gasteiger partial charge < -0.3 is 10.1 Å². The van der Waals surface area contributed by atoms with Crippen LogP contribution in [-0.2, 0) is 6.42 Å². The number of benzene rings is 1. The lowest BCUT2D eigenvalue weighted by atomic mass is 10.0. The van der Waals surface area contributed by atoms with E-state index in [0.29, 0.717) is 0 Å². The first-order valence-electron chi connectivity index (χ1n) is 6.88. The Morgan fingerprint density at radius 1 is 1.45 bits per heavy atom. The summed E-state index contributed by atoms with van der Waals surface area (Å²) in [5.74, 6) is 0.958. The lowest BCUT2D eigenvalue weighted by Gasteiger charge is -2.26. The Morgan fingerprint density at radius 2 is 2.30 bits per heavy atom. The van der Waals surface area contributed by atoms with Crippen LogP contribution in [0.5, 0.6) is 5.75 Å². The molecule has 0 amide bonds. The van der Waals surface area contributed by atoms with Crippen molar-refractivity contribution in [3.63, 3.8) is 0 Å². The van der Waals surface area contributed by atoms with Gasteiger partial charge in [0.25, 0.3) is 0 Å². The molecule has 0 saturated heterocycles. The summed E-state index contributed by atoms with van der Waals surface area (Å²) in [5.41, 5.74) is 1.98. The van der Waals surface area contributed by atoms with Gasteiger partial charge in [-0.05, 0) is 30.5 Å². The maximum atomic E-state index is 13.9. The van der Waals surface area contributed by atoms with Gasteiger partial charge in [-0.1, -0.05) is 13.0 Å². The van der Waals surface area contributed by atoms with Crippen LogP contribution in [-0.4, -0.2) is 23.4 Å². The normalized spacial score (nSPS) is 17.4. The number of halogens is 1. The lowest BCUT2D eigenvalue weighted by Crippen LogP contribution is -2.24. The SMILES string of the molecule is CCc1cc2n(n1)C(c1ccc(OC)c(F)c1)CCN2. The Balaban J connectivity index is 1.99. The third kappa shape index (κ3) is 2.13. The van der Waals surface area contributed by atoms with Crippen LogP contribution in [0.4, 0.5) is 10.2 Å². The molecule has 1 atom stereocenters. The summed E-state index contributed by atoms with van der Waals surface area (Å²) in [5, 5.41) is 7.94. The quantitative estimate of drug-likeness (QED) is 0.936. The van der Waals surface area contributed by atoms with Crippen LogP contribution in [0.25, 0.3) is 0 Å². The van der Waals surface area contributed by atoms with E-state index in [1.54, 1.807) is 12.1 Å². The fourth-order valence-electron chi connectivity index (χ4n) is 2.64. The molecule has 106 valence electrons. The number of rotatable bonds is 3. The molecule has 5 heteroatoms. The zero-order chi connectivity index (χ0) is 14.1. The van der Waals surface area contributed by atoms with E-state index in [0.717, 1.165) is 36.5 Å². The number of fused-ring (bicyclic) bond motifs is 1. The number of nitrogens with one attached hydrogen (secondary N) is 1. The molecule has 0 fully saturated rings. The minimum Gasteiger partial charge on any atom is -0.494 e. The van der Waals surface area contributed by atoms with Gasteiger partial charge in [-0.2, -0.15) is 5.10 Å². The molecule has 0 aliphatic carbocycles. The predicted molar refractivity (Wildman–Crippen MR) is 75.8 cm³/mol. The summed E-state index contributed by atoms with van der Waals surface area (Å²) in [6.07, 6.45) is 1.79. The average Bonchev–Trinajstić information content (AvgIpc) is 2.90. The van der Waals surface area contributed by atoms with E-state index < -0.39 is 0 Å². The van der Waals surface area contributed by atoms with E-state index in [4.69, 9.17) is 4.74 Å². The summed E-state index contributed by atoms with van der Waals surface area (Å²) < 4.78 is 20.8. The van der Waals surface area contributed by atoms with Crippen LogP contribution >= 0.6 is 0 Å². The maximum Gasteiger partial charge on any atom is 0.165 e. The molecule has 1 aliphatic heterocycles. The second kappa shape index (κ2) is 5.15. The molecule has 3 rings (SSSR count). The Hall–Kier alpha value is -2.04. The van der Waals surface area contributed by atoms with Crippen molar-refractivity contribution >= 4 is 5.82 Å². The Morgan fingerprint density at radius 3 is 3.00 bits per heavy atom. The molecule has 4 nitrogen and oxygen atoms in total.